The number of rotatable bonds is 1. The van der Waals surface area contributed by atoms with Crippen LogP contribution in [0.25, 0.3) is 0 Å². The second-order valence-corrected chi connectivity index (χ2v) is 4.51. The van der Waals surface area contributed by atoms with Crippen LogP contribution in [0.15, 0.2) is 6.07 Å². The van der Waals surface area contributed by atoms with E-state index in [0.29, 0.717) is 6.54 Å². The van der Waals surface area contributed by atoms with E-state index in [0.717, 1.165) is 19.3 Å². The molecule has 0 aromatic carbocycles. The summed E-state index contributed by atoms with van der Waals surface area (Å²) in [6.07, 6.45) is -1.58. The number of alkyl halides is 3. The van der Waals surface area contributed by atoms with Crippen LogP contribution in [0.3, 0.4) is 0 Å². The molecule has 1 aromatic rings. The first-order valence-corrected chi connectivity index (χ1v) is 5.86. The van der Waals surface area contributed by atoms with Gasteiger partial charge < -0.3 is 10.6 Å². The number of nitrogens with zero attached hydrogens (tertiary/aromatic N) is 3. The number of hydrogen-bond acceptors (Lipinski definition) is 4. The standard InChI is InChI=1S/C11H15F3N4/c1-7-4-2-3-5-18(7)9-6-8(15)16-10(17-9)11(12,13)14/h6-7H,2-5H2,1H3,(H2,15,16,17). The molecule has 1 aromatic heterocycles. The molecule has 2 N–H and O–H groups in total. The van der Waals surface area contributed by atoms with E-state index in [1.807, 2.05) is 11.8 Å². The summed E-state index contributed by atoms with van der Waals surface area (Å²) < 4.78 is 37.8. The molecule has 1 fully saturated rings. The van der Waals surface area contributed by atoms with E-state index in [1.54, 1.807) is 0 Å². The molecule has 2 rings (SSSR count). The third-order valence-electron chi connectivity index (χ3n) is 3.08. The Hall–Kier alpha value is -1.53. The van der Waals surface area contributed by atoms with Crippen LogP contribution in [0, 0.1) is 0 Å². The van der Waals surface area contributed by atoms with E-state index < -0.39 is 12.0 Å². The maximum atomic E-state index is 12.6. The fraction of sp³-hybridized carbons (Fsp3) is 0.636. The Bertz CT molecular complexity index is 433. The Morgan fingerprint density at radius 2 is 2.06 bits per heavy atom. The second-order valence-electron chi connectivity index (χ2n) is 4.51. The molecule has 0 saturated carbocycles. The molecule has 0 aliphatic carbocycles. The zero-order valence-electron chi connectivity index (χ0n) is 10.0. The summed E-state index contributed by atoms with van der Waals surface area (Å²) in [5, 5.41) is 0. The van der Waals surface area contributed by atoms with Crippen LogP contribution in [0.2, 0.25) is 0 Å². The lowest BCUT2D eigenvalue weighted by Crippen LogP contribution is -2.38. The molecule has 1 unspecified atom stereocenters. The zero-order chi connectivity index (χ0) is 13.3. The maximum Gasteiger partial charge on any atom is 0.451 e. The molecule has 1 saturated heterocycles. The molecular formula is C11H15F3N4. The van der Waals surface area contributed by atoms with Gasteiger partial charge >= 0.3 is 6.18 Å². The summed E-state index contributed by atoms with van der Waals surface area (Å²) in [5.74, 6) is -1.05. The molecule has 0 amide bonds. The highest BCUT2D eigenvalue weighted by atomic mass is 19.4. The van der Waals surface area contributed by atoms with Crippen LogP contribution < -0.4 is 10.6 Å². The van der Waals surface area contributed by atoms with Gasteiger partial charge in [-0.25, -0.2) is 9.97 Å². The Balaban J connectivity index is 2.35. The number of nitrogens with two attached hydrogens (primary N) is 1. The average molecular weight is 260 g/mol. The minimum atomic E-state index is -4.57. The van der Waals surface area contributed by atoms with Gasteiger partial charge in [0.15, 0.2) is 0 Å². The predicted molar refractivity (Wildman–Crippen MR) is 62.1 cm³/mol. The van der Waals surface area contributed by atoms with E-state index in [-0.39, 0.29) is 17.7 Å². The molecule has 18 heavy (non-hydrogen) atoms. The van der Waals surface area contributed by atoms with Crippen molar-refractivity contribution in [3.05, 3.63) is 11.9 Å². The van der Waals surface area contributed by atoms with Gasteiger partial charge in [0.2, 0.25) is 5.82 Å². The highest BCUT2D eigenvalue weighted by molar-refractivity contribution is 5.48. The van der Waals surface area contributed by atoms with E-state index in [1.165, 1.54) is 6.07 Å². The number of nitrogen functional groups attached to an aromatic ring is 1. The second kappa shape index (κ2) is 4.62. The van der Waals surface area contributed by atoms with E-state index in [2.05, 4.69) is 9.97 Å². The van der Waals surface area contributed by atoms with Crippen LogP contribution in [-0.2, 0) is 6.18 Å². The first-order chi connectivity index (χ1) is 8.38. The van der Waals surface area contributed by atoms with Crippen molar-refractivity contribution < 1.29 is 13.2 Å². The topological polar surface area (TPSA) is 55.0 Å². The van der Waals surface area contributed by atoms with Crippen LogP contribution >= 0.6 is 0 Å². The molecular weight excluding hydrogens is 245 g/mol. The Kier molecular flexibility index (Phi) is 3.32. The Labute approximate surface area is 103 Å². The third kappa shape index (κ3) is 2.65. The summed E-state index contributed by atoms with van der Waals surface area (Å²) in [7, 11) is 0. The summed E-state index contributed by atoms with van der Waals surface area (Å²) >= 11 is 0. The number of piperidine rings is 1. The average Bonchev–Trinajstić information content (AvgIpc) is 2.27. The molecule has 4 nitrogen and oxygen atoms in total. The number of aromatic nitrogens is 2. The van der Waals surface area contributed by atoms with Crippen molar-refractivity contribution in [3.8, 4) is 0 Å². The minimum absolute atomic E-state index is 0.148. The van der Waals surface area contributed by atoms with Crippen LogP contribution in [-0.4, -0.2) is 22.6 Å². The largest absolute Gasteiger partial charge is 0.451 e. The lowest BCUT2D eigenvalue weighted by molar-refractivity contribution is -0.144. The molecule has 0 radical (unpaired) electrons. The molecule has 100 valence electrons. The van der Waals surface area contributed by atoms with Gasteiger partial charge in [0.05, 0.1) is 0 Å². The lowest BCUT2D eigenvalue weighted by Gasteiger charge is -2.34. The normalized spacial score (nSPS) is 21.1. The molecule has 1 aliphatic heterocycles. The van der Waals surface area contributed by atoms with Crippen molar-refractivity contribution in [2.75, 3.05) is 17.2 Å². The van der Waals surface area contributed by atoms with Crippen molar-refractivity contribution in [2.24, 2.45) is 0 Å². The lowest BCUT2D eigenvalue weighted by atomic mass is 10.0. The molecule has 1 aliphatic rings. The van der Waals surface area contributed by atoms with Gasteiger partial charge in [-0.1, -0.05) is 0 Å². The van der Waals surface area contributed by atoms with Crippen LogP contribution in [0.5, 0.6) is 0 Å². The van der Waals surface area contributed by atoms with Crippen molar-refractivity contribution in [3.63, 3.8) is 0 Å². The summed E-state index contributed by atoms with van der Waals surface area (Å²) in [5.41, 5.74) is 5.43. The van der Waals surface area contributed by atoms with Gasteiger partial charge in [-0.3, -0.25) is 0 Å². The monoisotopic (exact) mass is 260 g/mol. The molecule has 7 heteroatoms. The quantitative estimate of drug-likeness (QED) is 0.842. The smallest absolute Gasteiger partial charge is 0.384 e. The minimum Gasteiger partial charge on any atom is -0.384 e. The molecule has 0 bridgehead atoms. The van der Waals surface area contributed by atoms with Gasteiger partial charge in [0, 0.05) is 18.7 Å². The van der Waals surface area contributed by atoms with Gasteiger partial charge in [0.1, 0.15) is 11.6 Å². The zero-order valence-corrected chi connectivity index (χ0v) is 10.0. The molecule has 1 atom stereocenters. The number of hydrogen-bond donors (Lipinski definition) is 1. The van der Waals surface area contributed by atoms with Gasteiger partial charge in [-0.15, -0.1) is 0 Å². The Morgan fingerprint density at radius 1 is 1.33 bits per heavy atom. The highest BCUT2D eigenvalue weighted by Crippen LogP contribution is 2.30. The summed E-state index contributed by atoms with van der Waals surface area (Å²) in [4.78, 5) is 8.69. The van der Waals surface area contributed by atoms with Gasteiger partial charge in [-0.05, 0) is 26.2 Å². The van der Waals surface area contributed by atoms with Crippen molar-refractivity contribution in [1.29, 1.82) is 0 Å². The maximum absolute atomic E-state index is 12.6. The Morgan fingerprint density at radius 3 is 2.67 bits per heavy atom. The van der Waals surface area contributed by atoms with Gasteiger partial charge in [0.25, 0.3) is 0 Å². The highest BCUT2D eigenvalue weighted by Gasteiger charge is 2.36. The fourth-order valence-electron chi connectivity index (χ4n) is 2.16. The van der Waals surface area contributed by atoms with E-state index in [4.69, 9.17) is 5.73 Å². The fourth-order valence-corrected chi connectivity index (χ4v) is 2.16. The van der Waals surface area contributed by atoms with Crippen molar-refractivity contribution >= 4 is 11.6 Å². The SMILES string of the molecule is CC1CCCCN1c1cc(N)nc(C(F)(F)F)n1. The summed E-state index contributed by atoms with van der Waals surface area (Å²) in [6.45, 7) is 2.68. The first-order valence-electron chi connectivity index (χ1n) is 5.86. The van der Waals surface area contributed by atoms with E-state index >= 15 is 0 Å². The molecule has 0 spiro atoms. The van der Waals surface area contributed by atoms with Crippen molar-refractivity contribution in [2.45, 2.75) is 38.4 Å². The van der Waals surface area contributed by atoms with Crippen LogP contribution in [0.1, 0.15) is 32.0 Å². The first kappa shape index (κ1) is 12.9. The van der Waals surface area contributed by atoms with E-state index in [9.17, 15) is 13.2 Å². The summed E-state index contributed by atoms with van der Waals surface area (Å²) in [6, 6.07) is 1.57. The number of anilines is 2. The predicted octanol–water partition coefficient (Wildman–Crippen LogP) is 2.46. The van der Waals surface area contributed by atoms with Gasteiger partial charge in [-0.2, -0.15) is 13.2 Å². The molecule has 2 heterocycles. The van der Waals surface area contributed by atoms with Crippen molar-refractivity contribution in [1.82, 2.24) is 9.97 Å². The third-order valence-corrected chi connectivity index (χ3v) is 3.08. The number of halogens is 3. The van der Waals surface area contributed by atoms with Crippen LogP contribution in [0.4, 0.5) is 24.8 Å².